The lowest BCUT2D eigenvalue weighted by Gasteiger charge is -2.17. The van der Waals surface area contributed by atoms with Gasteiger partial charge in [0.25, 0.3) is 5.91 Å². The molecule has 27 heavy (non-hydrogen) atoms. The van der Waals surface area contributed by atoms with Gasteiger partial charge < -0.3 is 11.1 Å². The Morgan fingerprint density at radius 1 is 1.07 bits per heavy atom. The number of amides is 1. The second kappa shape index (κ2) is 8.10. The van der Waals surface area contributed by atoms with Crippen molar-refractivity contribution in [1.29, 1.82) is 0 Å². The molecule has 3 rings (SSSR count). The van der Waals surface area contributed by atoms with Crippen molar-refractivity contribution in [2.75, 3.05) is 13.1 Å². The van der Waals surface area contributed by atoms with Crippen LogP contribution < -0.4 is 11.1 Å². The van der Waals surface area contributed by atoms with Gasteiger partial charge in [-0.25, -0.2) is 0 Å². The Balaban J connectivity index is 1.51. The van der Waals surface area contributed by atoms with Crippen molar-refractivity contribution in [1.82, 2.24) is 10.2 Å². The molecular formula is C20H22F3N3O. The standard InChI is InChI=1S/C20H22F3N3O/c21-20(22,23)17-7-3-15(4-8-17)12-26-10-9-18(13-26)25-19(27)16-5-1-14(11-24)2-6-16/h1-8,18H,9-13,24H2,(H,25,27). The van der Waals surface area contributed by atoms with Gasteiger partial charge in [-0.3, -0.25) is 9.69 Å². The zero-order chi connectivity index (χ0) is 19.4. The molecule has 1 aliphatic rings. The second-order valence-electron chi connectivity index (χ2n) is 6.79. The van der Waals surface area contributed by atoms with Crippen molar-refractivity contribution in [3.63, 3.8) is 0 Å². The summed E-state index contributed by atoms with van der Waals surface area (Å²) in [5.41, 5.74) is 7.30. The highest BCUT2D eigenvalue weighted by atomic mass is 19.4. The van der Waals surface area contributed by atoms with E-state index in [1.807, 2.05) is 12.1 Å². The lowest BCUT2D eigenvalue weighted by molar-refractivity contribution is -0.137. The maximum Gasteiger partial charge on any atom is 0.416 e. The first-order valence-corrected chi connectivity index (χ1v) is 8.83. The average molecular weight is 377 g/mol. The van der Waals surface area contributed by atoms with Gasteiger partial charge in [0.05, 0.1) is 5.56 Å². The number of likely N-dealkylation sites (tertiary alicyclic amines) is 1. The molecular weight excluding hydrogens is 355 g/mol. The maximum absolute atomic E-state index is 12.6. The van der Waals surface area contributed by atoms with Gasteiger partial charge in [0.15, 0.2) is 0 Å². The van der Waals surface area contributed by atoms with E-state index >= 15 is 0 Å². The largest absolute Gasteiger partial charge is 0.416 e. The van der Waals surface area contributed by atoms with Gasteiger partial charge >= 0.3 is 6.18 Å². The van der Waals surface area contributed by atoms with E-state index in [9.17, 15) is 18.0 Å². The van der Waals surface area contributed by atoms with Crippen molar-refractivity contribution in [2.45, 2.75) is 31.7 Å². The van der Waals surface area contributed by atoms with Crippen LogP contribution in [0.25, 0.3) is 0 Å². The van der Waals surface area contributed by atoms with Gasteiger partial charge in [-0.15, -0.1) is 0 Å². The van der Waals surface area contributed by atoms with Gasteiger partial charge in [-0.1, -0.05) is 24.3 Å². The van der Waals surface area contributed by atoms with Crippen LogP contribution in [0.15, 0.2) is 48.5 Å². The number of halogens is 3. The normalized spacial score (nSPS) is 17.9. The van der Waals surface area contributed by atoms with Gasteiger partial charge in [0, 0.05) is 37.8 Å². The molecule has 3 N–H and O–H groups in total. The topological polar surface area (TPSA) is 58.4 Å². The Labute approximate surface area is 156 Å². The lowest BCUT2D eigenvalue weighted by Crippen LogP contribution is -2.37. The molecule has 1 fully saturated rings. The highest BCUT2D eigenvalue weighted by Gasteiger charge is 2.30. The molecule has 0 bridgehead atoms. The van der Waals surface area contributed by atoms with Gasteiger partial charge in [0.1, 0.15) is 0 Å². The van der Waals surface area contributed by atoms with Crippen LogP contribution in [0.2, 0.25) is 0 Å². The molecule has 0 saturated carbocycles. The lowest BCUT2D eigenvalue weighted by atomic mass is 10.1. The van der Waals surface area contributed by atoms with Crippen molar-refractivity contribution in [2.24, 2.45) is 5.73 Å². The maximum atomic E-state index is 12.6. The third kappa shape index (κ3) is 5.08. The molecule has 2 aromatic rings. The highest BCUT2D eigenvalue weighted by Crippen LogP contribution is 2.29. The van der Waals surface area contributed by atoms with Crippen LogP contribution in [-0.4, -0.2) is 29.9 Å². The number of nitrogens with one attached hydrogen (secondary N) is 1. The van der Waals surface area contributed by atoms with E-state index in [4.69, 9.17) is 5.73 Å². The van der Waals surface area contributed by atoms with Crippen LogP contribution in [0.5, 0.6) is 0 Å². The third-order valence-electron chi connectivity index (χ3n) is 4.75. The number of nitrogens with two attached hydrogens (primary N) is 1. The molecule has 1 heterocycles. The van der Waals surface area contributed by atoms with Crippen LogP contribution in [0.3, 0.4) is 0 Å². The number of rotatable bonds is 5. The Morgan fingerprint density at radius 3 is 2.30 bits per heavy atom. The smallest absolute Gasteiger partial charge is 0.348 e. The summed E-state index contributed by atoms with van der Waals surface area (Å²) in [6.07, 6.45) is -3.50. The van der Waals surface area contributed by atoms with E-state index < -0.39 is 11.7 Å². The van der Waals surface area contributed by atoms with Crippen molar-refractivity contribution < 1.29 is 18.0 Å². The molecule has 0 radical (unpaired) electrons. The Morgan fingerprint density at radius 2 is 1.70 bits per heavy atom. The minimum atomic E-state index is -4.32. The molecule has 1 unspecified atom stereocenters. The molecule has 1 amide bonds. The molecule has 144 valence electrons. The van der Waals surface area contributed by atoms with Crippen molar-refractivity contribution >= 4 is 5.91 Å². The van der Waals surface area contributed by atoms with Crippen molar-refractivity contribution in [3.8, 4) is 0 Å². The highest BCUT2D eigenvalue weighted by molar-refractivity contribution is 5.94. The summed E-state index contributed by atoms with van der Waals surface area (Å²) < 4.78 is 37.9. The average Bonchev–Trinajstić information content (AvgIpc) is 3.08. The molecule has 1 saturated heterocycles. The Kier molecular flexibility index (Phi) is 5.82. The number of benzene rings is 2. The molecule has 1 atom stereocenters. The minimum absolute atomic E-state index is 0.0288. The summed E-state index contributed by atoms with van der Waals surface area (Å²) in [7, 11) is 0. The minimum Gasteiger partial charge on any atom is -0.348 e. The summed E-state index contributed by atoms with van der Waals surface area (Å²) in [5, 5.41) is 3.02. The van der Waals surface area contributed by atoms with E-state index in [0.29, 0.717) is 25.2 Å². The zero-order valence-corrected chi connectivity index (χ0v) is 14.8. The van der Waals surface area contributed by atoms with E-state index in [0.717, 1.165) is 36.2 Å². The van der Waals surface area contributed by atoms with Crippen LogP contribution in [0.1, 0.15) is 33.5 Å². The molecule has 4 nitrogen and oxygen atoms in total. The van der Waals surface area contributed by atoms with E-state index in [1.54, 1.807) is 12.1 Å². The van der Waals surface area contributed by atoms with Gasteiger partial charge in [-0.2, -0.15) is 13.2 Å². The molecule has 0 spiro atoms. The van der Waals surface area contributed by atoms with Crippen LogP contribution >= 0.6 is 0 Å². The number of hydrogen-bond acceptors (Lipinski definition) is 3. The summed E-state index contributed by atoms with van der Waals surface area (Å²) >= 11 is 0. The first-order chi connectivity index (χ1) is 12.8. The summed E-state index contributed by atoms with van der Waals surface area (Å²) in [5.74, 6) is -0.125. The van der Waals surface area contributed by atoms with Crippen LogP contribution in [-0.2, 0) is 19.3 Å². The fraction of sp³-hybridized carbons (Fsp3) is 0.350. The fourth-order valence-corrected chi connectivity index (χ4v) is 3.21. The first kappa shape index (κ1) is 19.4. The number of carbonyl (C=O) groups is 1. The van der Waals surface area contributed by atoms with Gasteiger partial charge in [-0.05, 0) is 41.8 Å². The Hall–Kier alpha value is -2.38. The number of nitrogens with zero attached hydrogens (tertiary/aromatic N) is 1. The van der Waals surface area contributed by atoms with E-state index in [1.165, 1.54) is 12.1 Å². The van der Waals surface area contributed by atoms with Crippen molar-refractivity contribution in [3.05, 3.63) is 70.8 Å². The van der Waals surface area contributed by atoms with E-state index in [-0.39, 0.29) is 11.9 Å². The zero-order valence-electron chi connectivity index (χ0n) is 14.8. The number of carbonyl (C=O) groups excluding carboxylic acids is 1. The Bertz CT molecular complexity index is 773. The van der Waals surface area contributed by atoms with E-state index in [2.05, 4.69) is 10.2 Å². The van der Waals surface area contributed by atoms with Crippen LogP contribution in [0.4, 0.5) is 13.2 Å². The molecule has 0 aliphatic carbocycles. The molecule has 0 aromatic heterocycles. The predicted octanol–water partition coefficient (Wildman–Crippen LogP) is 3.17. The SMILES string of the molecule is NCc1ccc(C(=O)NC2CCN(Cc3ccc(C(F)(F)F)cc3)C2)cc1. The number of alkyl halides is 3. The number of hydrogen-bond donors (Lipinski definition) is 2. The predicted molar refractivity (Wildman–Crippen MR) is 96.9 cm³/mol. The molecule has 2 aromatic carbocycles. The van der Waals surface area contributed by atoms with Gasteiger partial charge in [0.2, 0.25) is 0 Å². The molecule has 1 aliphatic heterocycles. The summed E-state index contributed by atoms with van der Waals surface area (Å²) in [6.45, 7) is 2.46. The monoisotopic (exact) mass is 377 g/mol. The molecule has 7 heteroatoms. The fourth-order valence-electron chi connectivity index (χ4n) is 3.21. The first-order valence-electron chi connectivity index (χ1n) is 8.83. The summed E-state index contributed by atoms with van der Waals surface area (Å²) in [4.78, 5) is 14.5. The quantitative estimate of drug-likeness (QED) is 0.842. The third-order valence-corrected chi connectivity index (χ3v) is 4.75. The summed E-state index contributed by atoms with van der Waals surface area (Å²) in [6, 6.07) is 12.4. The van der Waals surface area contributed by atoms with Crippen LogP contribution in [0, 0.1) is 0 Å². The second-order valence-corrected chi connectivity index (χ2v) is 6.79.